The molecule has 2 N–H and O–H groups in total. The Labute approximate surface area is 119 Å². The molecule has 0 unspecified atom stereocenters. The Morgan fingerprint density at radius 3 is 2.47 bits per heavy atom. The predicted molar refractivity (Wildman–Crippen MR) is 76.9 cm³/mol. The topological polar surface area (TPSA) is 69.6 Å². The van der Waals surface area contributed by atoms with E-state index in [0.717, 1.165) is 25.8 Å². The first-order valence-corrected chi connectivity index (χ1v) is 7.08. The highest BCUT2D eigenvalue weighted by molar-refractivity contribution is 7.81. The van der Waals surface area contributed by atoms with E-state index in [4.69, 9.17) is 5.11 Å². The van der Waals surface area contributed by atoms with Gasteiger partial charge in [0.15, 0.2) is 0 Å². The van der Waals surface area contributed by atoms with E-state index in [1.165, 1.54) is 4.90 Å². The minimum absolute atomic E-state index is 0.0385. The van der Waals surface area contributed by atoms with Crippen molar-refractivity contribution in [1.82, 2.24) is 10.2 Å². The van der Waals surface area contributed by atoms with Gasteiger partial charge in [0.1, 0.15) is 17.1 Å². The second kappa shape index (κ2) is 6.96. The van der Waals surface area contributed by atoms with Crippen LogP contribution in [0.15, 0.2) is 11.3 Å². The lowest BCUT2D eigenvalue weighted by atomic mass is 10.0. The molecule has 1 aliphatic heterocycles. The van der Waals surface area contributed by atoms with Crippen LogP contribution in [0.4, 0.5) is 0 Å². The van der Waals surface area contributed by atoms with E-state index in [2.05, 4.69) is 24.9 Å². The van der Waals surface area contributed by atoms with Crippen molar-refractivity contribution in [3.8, 4) is 0 Å². The third kappa shape index (κ3) is 3.51. The molecule has 0 aliphatic carbocycles. The zero-order valence-corrected chi connectivity index (χ0v) is 12.5. The number of β-lactam (4-membered cyclic amide) rings is 1. The summed E-state index contributed by atoms with van der Waals surface area (Å²) in [5.74, 6) is -1.30. The van der Waals surface area contributed by atoms with E-state index in [1.807, 2.05) is 0 Å². The molecular weight excluding hydrogens is 264 g/mol. The summed E-state index contributed by atoms with van der Waals surface area (Å²) >= 11 is 4.33. The van der Waals surface area contributed by atoms with Crippen LogP contribution < -0.4 is 5.32 Å². The maximum absolute atomic E-state index is 12.0. The van der Waals surface area contributed by atoms with Gasteiger partial charge in [-0.1, -0.05) is 19.8 Å². The van der Waals surface area contributed by atoms with Crippen LogP contribution in [0.5, 0.6) is 0 Å². The first kappa shape index (κ1) is 16.0. The van der Waals surface area contributed by atoms with Crippen molar-refractivity contribution in [2.45, 2.75) is 51.4 Å². The predicted octanol–water partition coefficient (Wildman–Crippen LogP) is 1.61. The maximum atomic E-state index is 12.0. The molecule has 6 heteroatoms. The van der Waals surface area contributed by atoms with Gasteiger partial charge in [-0.25, -0.2) is 4.79 Å². The highest BCUT2D eigenvalue weighted by Crippen LogP contribution is 2.29. The number of hydrogen-bond acceptors (Lipinski definition) is 4. The molecule has 0 radical (unpaired) electrons. The second-order valence-electron chi connectivity index (χ2n) is 4.91. The number of carbonyl (C=O) groups excluding carboxylic acids is 1. The highest BCUT2D eigenvalue weighted by atomic mass is 32.1. The van der Waals surface area contributed by atoms with Crippen LogP contribution in [0.1, 0.15) is 40.0 Å². The van der Waals surface area contributed by atoms with Crippen LogP contribution in [0.2, 0.25) is 0 Å². The van der Waals surface area contributed by atoms with E-state index in [9.17, 15) is 9.59 Å². The summed E-state index contributed by atoms with van der Waals surface area (Å²) in [6.45, 7) is 6.23. The average molecular weight is 286 g/mol. The van der Waals surface area contributed by atoms with Gasteiger partial charge in [0.2, 0.25) is 5.91 Å². The first-order chi connectivity index (χ1) is 8.91. The van der Waals surface area contributed by atoms with Crippen LogP contribution in [0.25, 0.3) is 0 Å². The number of nitrogens with zero attached hydrogens (tertiary/aromatic N) is 1. The van der Waals surface area contributed by atoms with Crippen LogP contribution in [0, 0.1) is 0 Å². The van der Waals surface area contributed by atoms with Gasteiger partial charge in [-0.3, -0.25) is 9.69 Å². The normalized spacial score (nSPS) is 22.1. The van der Waals surface area contributed by atoms with E-state index < -0.39 is 11.3 Å². The van der Waals surface area contributed by atoms with Crippen LogP contribution in [0.3, 0.4) is 0 Å². The van der Waals surface area contributed by atoms with Crippen LogP contribution in [-0.2, 0) is 9.59 Å². The number of aliphatic carboxylic acids is 1. The minimum Gasteiger partial charge on any atom is -0.477 e. The summed E-state index contributed by atoms with van der Waals surface area (Å²) < 4.78 is 0. The Balaban J connectivity index is 2.61. The molecule has 0 aromatic heterocycles. The summed E-state index contributed by atoms with van der Waals surface area (Å²) in [5.41, 5.74) is 0.640. The fourth-order valence-corrected chi connectivity index (χ4v) is 2.56. The molecule has 2 atom stereocenters. The smallest absolute Gasteiger partial charge is 0.352 e. The molecule has 0 aromatic rings. The Bertz CT molecular complexity index is 391. The van der Waals surface area contributed by atoms with Crippen molar-refractivity contribution in [2.24, 2.45) is 0 Å². The summed E-state index contributed by atoms with van der Waals surface area (Å²) in [4.78, 5) is 24.4. The number of nitrogens with one attached hydrogen (secondary N) is 1. The molecule has 0 aromatic carbocycles. The van der Waals surface area contributed by atoms with Gasteiger partial charge in [-0.05, 0) is 32.4 Å². The molecular formula is C13H22N2O3S. The molecule has 0 spiro atoms. The lowest BCUT2D eigenvalue weighted by molar-refractivity contribution is -0.149. The van der Waals surface area contributed by atoms with Crippen LogP contribution in [-0.4, -0.2) is 39.8 Å². The number of rotatable bonds is 7. The fourth-order valence-electron chi connectivity index (χ4n) is 2.10. The maximum Gasteiger partial charge on any atom is 0.352 e. The molecule has 1 aliphatic rings. The highest BCUT2D eigenvalue weighted by Gasteiger charge is 2.48. The van der Waals surface area contributed by atoms with Crippen molar-refractivity contribution in [1.29, 1.82) is 0 Å². The van der Waals surface area contributed by atoms with E-state index in [-0.39, 0.29) is 17.6 Å². The van der Waals surface area contributed by atoms with Crippen molar-refractivity contribution < 1.29 is 14.7 Å². The monoisotopic (exact) mass is 286 g/mol. The molecule has 1 heterocycles. The number of amides is 1. The molecule has 1 fully saturated rings. The van der Waals surface area contributed by atoms with Crippen molar-refractivity contribution in [3.05, 3.63) is 11.3 Å². The molecule has 5 nitrogen and oxygen atoms in total. The number of carboxylic acids is 1. The molecule has 0 bridgehead atoms. The average Bonchev–Trinajstić information content (AvgIpc) is 2.34. The number of thiol groups is 1. The number of allylic oxidation sites excluding steroid dienone is 1. The lowest BCUT2D eigenvalue weighted by Crippen LogP contribution is -2.67. The summed E-state index contributed by atoms with van der Waals surface area (Å²) in [7, 11) is 0. The Morgan fingerprint density at radius 1 is 1.42 bits per heavy atom. The summed E-state index contributed by atoms with van der Waals surface area (Å²) in [6.07, 6.45) is 3.25. The third-order valence-corrected chi connectivity index (χ3v) is 3.66. The summed E-state index contributed by atoms with van der Waals surface area (Å²) in [5, 5.41) is 11.9. The van der Waals surface area contributed by atoms with Gasteiger partial charge >= 0.3 is 5.97 Å². The van der Waals surface area contributed by atoms with Gasteiger partial charge in [0.25, 0.3) is 0 Å². The van der Waals surface area contributed by atoms with Gasteiger partial charge in [0, 0.05) is 0 Å². The molecule has 1 amide bonds. The van der Waals surface area contributed by atoms with E-state index in [1.54, 1.807) is 13.8 Å². The Kier molecular flexibility index (Phi) is 5.87. The first-order valence-electron chi connectivity index (χ1n) is 6.57. The number of unbranched alkanes of at least 4 members (excludes halogenated alkanes) is 2. The largest absolute Gasteiger partial charge is 0.477 e. The van der Waals surface area contributed by atoms with Gasteiger partial charge in [0.05, 0.1) is 0 Å². The third-order valence-electron chi connectivity index (χ3n) is 3.13. The number of hydrogen-bond donors (Lipinski definition) is 3. The lowest BCUT2D eigenvalue weighted by Gasteiger charge is -2.45. The summed E-state index contributed by atoms with van der Waals surface area (Å²) in [6, 6.07) is -0.381. The SMILES string of the molecule is CCCCCN[C@H]1C(=O)N(C(C(=O)O)=C(C)C)[C@@H]1S. The fraction of sp³-hybridized carbons (Fsp3) is 0.692. The quantitative estimate of drug-likeness (QED) is 0.288. The van der Waals surface area contributed by atoms with E-state index >= 15 is 0 Å². The van der Waals surface area contributed by atoms with Crippen molar-refractivity contribution in [2.75, 3.05) is 6.54 Å². The van der Waals surface area contributed by atoms with Gasteiger partial charge < -0.3 is 10.4 Å². The molecule has 108 valence electrons. The van der Waals surface area contributed by atoms with Crippen molar-refractivity contribution in [3.63, 3.8) is 0 Å². The number of carboxylic acid groups (broad SMARTS) is 1. The second-order valence-corrected chi connectivity index (χ2v) is 5.44. The number of likely N-dealkylation sites (tertiary alicyclic amines) is 1. The molecule has 1 rings (SSSR count). The minimum atomic E-state index is -1.09. The van der Waals surface area contributed by atoms with Gasteiger partial charge in [-0.2, -0.15) is 12.6 Å². The molecule has 1 saturated heterocycles. The Morgan fingerprint density at radius 2 is 2.05 bits per heavy atom. The zero-order chi connectivity index (χ0) is 14.6. The zero-order valence-electron chi connectivity index (χ0n) is 11.6. The Hall–Kier alpha value is -1.01. The standard InChI is InChI=1S/C13H22N2O3S/c1-4-5-6-7-14-9-11(16)15(12(9)19)10(8(2)3)13(17)18/h9,12,14,19H,4-7H2,1-3H3,(H,17,18)/t9-,12+/m0/s1. The van der Waals surface area contributed by atoms with Crippen molar-refractivity contribution >= 4 is 24.5 Å². The van der Waals surface area contributed by atoms with Crippen LogP contribution >= 0.6 is 12.6 Å². The molecule has 19 heavy (non-hydrogen) atoms. The van der Waals surface area contributed by atoms with Gasteiger partial charge in [-0.15, -0.1) is 0 Å². The van der Waals surface area contributed by atoms with E-state index in [0.29, 0.717) is 5.57 Å². The molecule has 0 saturated carbocycles. The number of carbonyl (C=O) groups is 2.